The highest BCUT2D eigenvalue weighted by molar-refractivity contribution is 6.31. The zero-order valence-corrected chi connectivity index (χ0v) is 9.42. The van der Waals surface area contributed by atoms with Crippen molar-refractivity contribution in [2.45, 2.75) is 12.5 Å². The second kappa shape index (κ2) is 3.96. The molecular weight excluding hydrogens is 226 g/mol. The van der Waals surface area contributed by atoms with Gasteiger partial charge in [0.2, 0.25) is 5.88 Å². The minimum atomic E-state index is 0.213. The molecule has 0 radical (unpaired) electrons. The quantitative estimate of drug-likeness (QED) is 0.840. The van der Waals surface area contributed by atoms with E-state index in [2.05, 4.69) is 15.5 Å². The van der Waals surface area contributed by atoms with Crippen LogP contribution in [0.15, 0.2) is 18.2 Å². The Morgan fingerprint density at radius 2 is 2.38 bits per heavy atom. The fourth-order valence-corrected chi connectivity index (χ4v) is 2.11. The lowest BCUT2D eigenvalue weighted by atomic mass is 10.2. The molecule has 4 nitrogen and oxygen atoms in total. The van der Waals surface area contributed by atoms with Crippen LogP contribution in [0, 0.1) is 0 Å². The summed E-state index contributed by atoms with van der Waals surface area (Å²) in [4.78, 5) is 0. The van der Waals surface area contributed by atoms with Crippen LogP contribution in [0.25, 0.3) is 10.9 Å². The lowest BCUT2D eigenvalue weighted by molar-refractivity contribution is 0.216. The maximum absolute atomic E-state index is 5.95. The molecule has 2 heterocycles. The Morgan fingerprint density at radius 1 is 1.44 bits per heavy atom. The molecule has 1 fully saturated rings. The highest BCUT2D eigenvalue weighted by Crippen LogP contribution is 2.26. The summed E-state index contributed by atoms with van der Waals surface area (Å²) in [5.41, 5.74) is 0.949. The predicted octanol–water partition coefficient (Wildman–Crippen LogP) is 1.96. The van der Waals surface area contributed by atoms with E-state index in [4.69, 9.17) is 16.3 Å². The van der Waals surface area contributed by atoms with Gasteiger partial charge in [0.25, 0.3) is 0 Å². The Bertz CT molecular complexity index is 505. The van der Waals surface area contributed by atoms with Gasteiger partial charge in [0.1, 0.15) is 6.10 Å². The summed E-state index contributed by atoms with van der Waals surface area (Å²) < 4.78 is 5.82. The van der Waals surface area contributed by atoms with Crippen LogP contribution in [0.3, 0.4) is 0 Å². The van der Waals surface area contributed by atoms with E-state index in [-0.39, 0.29) is 6.10 Å². The Kier molecular flexibility index (Phi) is 2.46. The van der Waals surface area contributed by atoms with Crippen molar-refractivity contribution in [3.8, 4) is 5.88 Å². The summed E-state index contributed by atoms with van der Waals surface area (Å²) in [7, 11) is 0. The number of nitrogens with one attached hydrogen (secondary N) is 2. The average molecular weight is 238 g/mol. The molecule has 1 aromatic heterocycles. The minimum absolute atomic E-state index is 0.213. The van der Waals surface area contributed by atoms with Crippen molar-refractivity contribution >= 4 is 22.5 Å². The molecule has 1 atom stereocenters. The fraction of sp³-hybridized carbons (Fsp3) is 0.364. The molecule has 5 heteroatoms. The second-order valence-electron chi connectivity index (χ2n) is 3.95. The number of hydrogen-bond donors (Lipinski definition) is 2. The van der Waals surface area contributed by atoms with E-state index < -0.39 is 0 Å². The number of H-pyrrole nitrogens is 1. The van der Waals surface area contributed by atoms with Gasteiger partial charge in [-0.25, -0.2) is 0 Å². The molecule has 0 bridgehead atoms. The van der Waals surface area contributed by atoms with Gasteiger partial charge in [-0.1, -0.05) is 11.6 Å². The molecule has 2 aromatic rings. The average Bonchev–Trinajstić information content (AvgIpc) is 2.90. The fourth-order valence-electron chi connectivity index (χ4n) is 1.94. The molecule has 1 aliphatic rings. The van der Waals surface area contributed by atoms with Crippen molar-refractivity contribution in [2.24, 2.45) is 0 Å². The zero-order valence-electron chi connectivity index (χ0n) is 8.66. The third-order valence-electron chi connectivity index (χ3n) is 2.78. The van der Waals surface area contributed by atoms with E-state index in [9.17, 15) is 0 Å². The van der Waals surface area contributed by atoms with Crippen molar-refractivity contribution in [2.75, 3.05) is 13.1 Å². The molecule has 0 amide bonds. The van der Waals surface area contributed by atoms with E-state index in [1.54, 1.807) is 0 Å². The minimum Gasteiger partial charge on any atom is -0.471 e. The maximum atomic E-state index is 5.95. The summed E-state index contributed by atoms with van der Waals surface area (Å²) in [5.74, 6) is 0.645. The Hall–Kier alpha value is -1.26. The van der Waals surface area contributed by atoms with Gasteiger partial charge in [-0.2, -0.15) is 0 Å². The van der Waals surface area contributed by atoms with E-state index >= 15 is 0 Å². The first-order valence-electron chi connectivity index (χ1n) is 5.34. The van der Waals surface area contributed by atoms with Crippen LogP contribution in [0.2, 0.25) is 5.02 Å². The Labute approximate surface area is 97.9 Å². The first kappa shape index (κ1) is 9.93. The van der Waals surface area contributed by atoms with Crippen molar-refractivity contribution in [1.82, 2.24) is 15.5 Å². The van der Waals surface area contributed by atoms with Crippen molar-refractivity contribution in [3.05, 3.63) is 23.2 Å². The standard InChI is InChI=1S/C11H12ClN3O/c12-7-1-2-10-9(5-7)11(15-14-10)16-8-3-4-13-6-8/h1-2,5,8,13H,3-4,6H2,(H,14,15). The summed E-state index contributed by atoms with van der Waals surface area (Å²) in [5, 5.41) is 12.0. The van der Waals surface area contributed by atoms with Crippen molar-refractivity contribution in [1.29, 1.82) is 0 Å². The lowest BCUT2D eigenvalue weighted by Gasteiger charge is -2.09. The number of fused-ring (bicyclic) bond motifs is 1. The van der Waals surface area contributed by atoms with Crippen LogP contribution in [0.4, 0.5) is 0 Å². The molecule has 0 spiro atoms. The molecule has 0 saturated carbocycles. The zero-order chi connectivity index (χ0) is 11.0. The van der Waals surface area contributed by atoms with E-state index in [1.165, 1.54) is 0 Å². The molecule has 1 unspecified atom stereocenters. The Morgan fingerprint density at radius 3 is 3.19 bits per heavy atom. The number of hydrogen-bond acceptors (Lipinski definition) is 3. The van der Waals surface area contributed by atoms with E-state index in [1.807, 2.05) is 18.2 Å². The number of aromatic amines is 1. The summed E-state index contributed by atoms with van der Waals surface area (Å²) in [6.45, 7) is 1.89. The van der Waals surface area contributed by atoms with Crippen LogP contribution in [-0.2, 0) is 0 Å². The van der Waals surface area contributed by atoms with Gasteiger partial charge in [0, 0.05) is 11.6 Å². The number of benzene rings is 1. The number of aromatic nitrogens is 2. The molecule has 16 heavy (non-hydrogen) atoms. The molecule has 3 rings (SSSR count). The molecule has 84 valence electrons. The summed E-state index contributed by atoms with van der Waals surface area (Å²) in [6.07, 6.45) is 1.24. The second-order valence-corrected chi connectivity index (χ2v) is 4.39. The van der Waals surface area contributed by atoms with Gasteiger partial charge < -0.3 is 10.1 Å². The monoisotopic (exact) mass is 237 g/mol. The molecule has 1 aliphatic heterocycles. The first-order valence-corrected chi connectivity index (χ1v) is 5.72. The van der Waals surface area contributed by atoms with Crippen LogP contribution < -0.4 is 10.1 Å². The molecular formula is C11H12ClN3O. The normalized spacial score (nSPS) is 20.4. The smallest absolute Gasteiger partial charge is 0.240 e. The van der Waals surface area contributed by atoms with Crippen molar-refractivity contribution < 1.29 is 4.74 Å². The largest absolute Gasteiger partial charge is 0.471 e. The highest BCUT2D eigenvalue weighted by Gasteiger charge is 2.18. The third-order valence-corrected chi connectivity index (χ3v) is 3.02. The first-order chi connectivity index (χ1) is 7.83. The van der Waals surface area contributed by atoms with Crippen LogP contribution in [0.1, 0.15) is 6.42 Å². The van der Waals surface area contributed by atoms with Gasteiger partial charge >= 0.3 is 0 Å². The number of ether oxygens (including phenoxy) is 1. The summed E-state index contributed by atoms with van der Waals surface area (Å²) in [6, 6.07) is 5.62. The maximum Gasteiger partial charge on any atom is 0.240 e. The number of rotatable bonds is 2. The molecule has 2 N–H and O–H groups in total. The van der Waals surface area contributed by atoms with Gasteiger partial charge in [-0.05, 0) is 31.2 Å². The van der Waals surface area contributed by atoms with Gasteiger partial charge in [-0.3, -0.25) is 5.10 Å². The van der Waals surface area contributed by atoms with Crippen LogP contribution in [-0.4, -0.2) is 29.4 Å². The lowest BCUT2D eigenvalue weighted by Crippen LogP contribution is -2.19. The molecule has 1 aromatic carbocycles. The molecule has 0 aliphatic carbocycles. The van der Waals surface area contributed by atoms with Gasteiger partial charge in [0.05, 0.1) is 10.9 Å². The van der Waals surface area contributed by atoms with Crippen LogP contribution >= 0.6 is 11.6 Å². The van der Waals surface area contributed by atoms with E-state index in [0.717, 1.165) is 30.4 Å². The topological polar surface area (TPSA) is 49.9 Å². The number of halogens is 1. The SMILES string of the molecule is Clc1ccc2[nH]nc(OC3CCNC3)c2c1. The predicted molar refractivity (Wildman–Crippen MR) is 63.0 cm³/mol. The Balaban J connectivity index is 1.93. The third kappa shape index (κ3) is 1.74. The number of nitrogens with zero attached hydrogens (tertiary/aromatic N) is 1. The molecule has 1 saturated heterocycles. The summed E-state index contributed by atoms with van der Waals surface area (Å²) >= 11 is 5.95. The van der Waals surface area contributed by atoms with Crippen LogP contribution in [0.5, 0.6) is 5.88 Å². The van der Waals surface area contributed by atoms with Gasteiger partial charge in [0.15, 0.2) is 0 Å². The van der Waals surface area contributed by atoms with Gasteiger partial charge in [-0.15, -0.1) is 5.10 Å². The van der Waals surface area contributed by atoms with Crippen molar-refractivity contribution in [3.63, 3.8) is 0 Å². The highest BCUT2D eigenvalue weighted by atomic mass is 35.5. The van der Waals surface area contributed by atoms with E-state index in [0.29, 0.717) is 10.9 Å².